The van der Waals surface area contributed by atoms with Gasteiger partial charge < -0.3 is 19.9 Å². The Morgan fingerprint density at radius 2 is 1.97 bits per heavy atom. The molecule has 0 saturated carbocycles. The fourth-order valence-electron chi connectivity index (χ4n) is 5.25. The lowest BCUT2D eigenvalue weighted by atomic mass is 9.86. The number of nitrogens with zero attached hydrogens (tertiary/aromatic N) is 3. The van der Waals surface area contributed by atoms with Crippen LogP contribution in [0.25, 0.3) is 0 Å². The minimum absolute atomic E-state index is 0. The number of imidazole rings is 1. The maximum atomic E-state index is 13.8. The van der Waals surface area contributed by atoms with E-state index in [1.165, 1.54) is 10.4 Å². The zero-order valence-corrected chi connectivity index (χ0v) is 20.5. The summed E-state index contributed by atoms with van der Waals surface area (Å²) in [5.41, 5.74) is 4.16. The predicted octanol–water partition coefficient (Wildman–Crippen LogP) is 3.65. The molecule has 176 valence electrons. The number of rotatable bonds is 2. The lowest BCUT2D eigenvalue weighted by molar-refractivity contribution is -0.0771. The van der Waals surface area contributed by atoms with Gasteiger partial charge in [-0.15, -0.1) is 36.2 Å². The molecule has 3 aliphatic heterocycles. The van der Waals surface area contributed by atoms with Gasteiger partial charge in [0.15, 0.2) is 0 Å². The second-order valence-corrected chi connectivity index (χ2v) is 9.56. The zero-order chi connectivity index (χ0) is 20.8. The van der Waals surface area contributed by atoms with Crippen LogP contribution >= 0.6 is 36.2 Å². The highest BCUT2D eigenvalue weighted by molar-refractivity contribution is 7.14. The number of carbonyl (C=O) groups excluding carboxylic acids is 1. The Morgan fingerprint density at radius 3 is 2.76 bits per heavy atom. The van der Waals surface area contributed by atoms with Gasteiger partial charge in [0.2, 0.25) is 0 Å². The molecule has 3 aromatic heterocycles. The highest BCUT2D eigenvalue weighted by Crippen LogP contribution is 2.45. The van der Waals surface area contributed by atoms with Crippen LogP contribution in [0.4, 0.5) is 0 Å². The summed E-state index contributed by atoms with van der Waals surface area (Å²) in [6.45, 7) is 3.31. The molecule has 0 bridgehead atoms. The average molecular weight is 508 g/mol. The van der Waals surface area contributed by atoms with Gasteiger partial charge in [0.05, 0.1) is 23.5 Å². The molecule has 1 saturated heterocycles. The quantitative estimate of drug-likeness (QED) is 0.553. The Bertz CT molecular complexity index is 1110. The van der Waals surface area contributed by atoms with Crippen molar-refractivity contribution >= 4 is 42.1 Å². The SMILES string of the molecule is Cl.Cl.O=C(c1cc2c(s1)C1(CCNCC1)OCC2)N1CCc2[nH]cnc2C1c1ccncc1. The molecule has 0 radical (unpaired) electrons. The summed E-state index contributed by atoms with van der Waals surface area (Å²) in [6.07, 6.45) is 8.89. The number of ether oxygens (including phenoxy) is 1. The molecule has 1 atom stereocenters. The van der Waals surface area contributed by atoms with E-state index in [9.17, 15) is 4.79 Å². The summed E-state index contributed by atoms with van der Waals surface area (Å²) in [4.78, 5) is 29.9. The number of nitrogens with one attached hydrogen (secondary N) is 2. The molecule has 33 heavy (non-hydrogen) atoms. The first kappa shape index (κ1) is 24.2. The first-order valence-electron chi connectivity index (χ1n) is 11.0. The van der Waals surface area contributed by atoms with Crippen LogP contribution in [-0.2, 0) is 23.2 Å². The van der Waals surface area contributed by atoms with Gasteiger partial charge in [-0.3, -0.25) is 9.78 Å². The molecule has 10 heteroatoms. The second kappa shape index (κ2) is 9.72. The normalized spacial score (nSPS) is 20.8. The number of thiophene rings is 1. The van der Waals surface area contributed by atoms with Gasteiger partial charge in [0.25, 0.3) is 5.91 Å². The van der Waals surface area contributed by atoms with Crippen molar-refractivity contribution in [1.82, 2.24) is 25.2 Å². The summed E-state index contributed by atoms with van der Waals surface area (Å²) in [7, 11) is 0. The number of hydrogen-bond acceptors (Lipinski definition) is 6. The Hall–Kier alpha value is -1.97. The first-order valence-corrected chi connectivity index (χ1v) is 11.8. The van der Waals surface area contributed by atoms with Crippen molar-refractivity contribution in [2.45, 2.75) is 37.3 Å². The van der Waals surface area contributed by atoms with Crippen LogP contribution in [0.5, 0.6) is 0 Å². The number of hydrogen-bond donors (Lipinski definition) is 2. The van der Waals surface area contributed by atoms with E-state index in [0.29, 0.717) is 6.54 Å². The lowest BCUT2D eigenvalue weighted by Crippen LogP contribution is -2.44. The number of fused-ring (bicyclic) bond motifs is 3. The molecule has 1 amide bonds. The van der Waals surface area contributed by atoms with E-state index in [1.54, 1.807) is 30.1 Å². The van der Waals surface area contributed by atoms with Gasteiger partial charge in [-0.1, -0.05) is 0 Å². The molecule has 1 fully saturated rings. The third-order valence-corrected chi connectivity index (χ3v) is 8.15. The topological polar surface area (TPSA) is 83.1 Å². The van der Waals surface area contributed by atoms with Gasteiger partial charge in [-0.25, -0.2) is 4.98 Å². The maximum absolute atomic E-state index is 13.8. The molecule has 1 unspecified atom stereocenters. The zero-order valence-electron chi connectivity index (χ0n) is 18.1. The van der Waals surface area contributed by atoms with Crippen LogP contribution < -0.4 is 5.32 Å². The van der Waals surface area contributed by atoms with E-state index in [2.05, 4.69) is 26.3 Å². The average Bonchev–Trinajstić information content (AvgIpc) is 3.47. The van der Waals surface area contributed by atoms with E-state index in [0.717, 1.165) is 67.2 Å². The Balaban J connectivity index is 0.00000130. The third kappa shape index (κ3) is 4.08. The fourth-order valence-corrected chi connectivity index (χ4v) is 6.62. The molecule has 2 N–H and O–H groups in total. The van der Waals surface area contributed by atoms with Crippen molar-refractivity contribution in [1.29, 1.82) is 0 Å². The Morgan fingerprint density at radius 1 is 1.18 bits per heavy atom. The van der Waals surface area contributed by atoms with Crippen LogP contribution in [0.3, 0.4) is 0 Å². The summed E-state index contributed by atoms with van der Waals surface area (Å²) in [5, 5.41) is 3.43. The van der Waals surface area contributed by atoms with Crippen LogP contribution in [-0.4, -0.2) is 52.0 Å². The highest BCUT2D eigenvalue weighted by Gasteiger charge is 2.42. The van der Waals surface area contributed by atoms with Crippen LogP contribution in [0.1, 0.15) is 55.9 Å². The van der Waals surface area contributed by atoms with Crippen molar-refractivity contribution in [2.75, 3.05) is 26.2 Å². The van der Waals surface area contributed by atoms with Crippen molar-refractivity contribution in [3.63, 3.8) is 0 Å². The number of carbonyl (C=O) groups is 1. The van der Waals surface area contributed by atoms with Gasteiger partial charge in [0, 0.05) is 35.9 Å². The number of halogens is 2. The second-order valence-electron chi connectivity index (χ2n) is 8.51. The van der Waals surface area contributed by atoms with Crippen molar-refractivity contribution in [2.24, 2.45) is 0 Å². The largest absolute Gasteiger partial charge is 0.369 e. The van der Waals surface area contributed by atoms with Gasteiger partial charge in [-0.05, 0) is 61.7 Å². The Labute approximate surface area is 209 Å². The van der Waals surface area contributed by atoms with Gasteiger partial charge in [0.1, 0.15) is 11.6 Å². The van der Waals surface area contributed by atoms with Gasteiger partial charge >= 0.3 is 0 Å². The molecule has 6 heterocycles. The monoisotopic (exact) mass is 507 g/mol. The van der Waals surface area contributed by atoms with Crippen molar-refractivity contribution in [3.05, 3.63) is 69.2 Å². The highest BCUT2D eigenvalue weighted by atomic mass is 35.5. The number of amides is 1. The molecule has 3 aliphatic rings. The number of aromatic nitrogens is 3. The van der Waals surface area contributed by atoms with Crippen molar-refractivity contribution in [3.8, 4) is 0 Å². The Kier molecular flexibility index (Phi) is 7.12. The van der Waals surface area contributed by atoms with Gasteiger partial charge in [-0.2, -0.15) is 0 Å². The number of aromatic amines is 1. The number of H-pyrrole nitrogens is 1. The summed E-state index contributed by atoms with van der Waals surface area (Å²) < 4.78 is 6.32. The van der Waals surface area contributed by atoms with Crippen LogP contribution in [0, 0.1) is 0 Å². The van der Waals surface area contributed by atoms with Crippen LogP contribution in [0.15, 0.2) is 36.9 Å². The molecule has 0 aromatic carbocycles. The van der Waals surface area contributed by atoms with E-state index >= 15 is 0 Å². The lowest BCUT2D eigenvalue weighted by Gasteiger charge is -2.40. The molecule has 7 nitrogen and oxygen atoms in total. The summed E-state index contributed by atoms with van der Waals surface area (Å²) in [6, 6.07) is 5.88. The van der Waals surface area contributed by atoms with E-state index in [-0.39, 0.29) is 42.4 Å². The minimum Gasteiger partial charge on any atom is -0.369 e. The van der Waals surface area contributed by atoms with E-state index in [4.69, 9.17) is 4.74 Å². The van der Waals surface area contributed by atoms with E-state index in [1.807, 2.05) is 17.0 Å². The molecule has 1 spiro atoms. The standard InChI is InChI=1S/C23H25N5O2S.2ClH/c29-22(18-13-16-4-12-30-23(21(16)31-18)5-9-25-10-6-23)28-11-3-17-19(27-14-26-17)20(28)15-1-7-24-8-2-15;;/h1-2,7-8,13-14,20,25H,3-6,9-12H2,(H,26,27);2*1H. The fraction of sp³-hybridized carbons (Fsp3) is 0.435. The number of piperidine rings is 1. The smallest absolute Gasteiger partial charge is 0.264 e. The number of pyridine rings is 1. The molecular formula is C23H27Cl2N5O2S. The summed E-state index contributed by atoms with van der Waals surface area (Å²) >= 11 is 1.64. The molecule has 3 aromatic rings. The summed E-state index contributed by atoms with van der Waals surface area (Å²) in [5.74, 6) is 0.0824. The van der Waals surface area contributed by atoms with Crippen LogP contribution in [0.2, 0.25) is 0 Å². The van der Waals surface area contributed by atoms with E-state index < -0.39 is 0 Å². The molecular weight excluding hydrogens is 481 g/mol. The van der Waals surface area contributed by atoms with Crippen molar-refractivity contribution < 1.29 is 9.53 Å². The molecule has 0 aliphatic carbocycles. The maximum Gasteiger partial charge on any atom is 0.264 e. The predicted molar refractivity (Wildman–Crippen MR) is 132 cm³/mol. The molecule has 6 rings (SSSR count). The third-order valence-electron chi connectivity index (χ3n) is 6.80. The minimum atomic E-state index is -0.218. The first-order chi connectivity index (χ1) is 15.3.